The summed E-state index contributed by atoms with van der Waals surface area (Å²) in [5, 5.41) is 0.877. The fourth-order valence-corrected chi connectivity index (χ4v) is 1.34. The number of rotatable bonds is 3. The van der Waals surface area contributed by atoms with Crippen molar-refractivity contribution >= 4 is 11.6 Å². The van der Waals surface area contributed by atoms with E-state index in [4.69, 9.17) is 11.6 Å². The van der Waals surface area contributed by atoms with Gasteiger partial charge in [0.05, 0.1) is 0 Å². The fourth-order valence-electron chi connectivity index (χ4n) is 1.11. The van der Waals surface area contributed by atoms with Crippen LogP contribution < -0.4 is 0 Å². The van der Waals surface area contributed by atoms with Gasteiger partial charge in [0.2, 0.25) is 0 Å². The zero-order valence-corrected chi connectivity index (χ0v) is 8.01. The van der Waals surface area contributed by atoms with Gasteiger partial charge in [0.25, 0.3) is 0 Å². The van der Waals surface area contributed by atoms with E-state index in [2.05, 4.69) is 18.2 Å². The minimum absolute atomic E-state index is 0.877. The summed E-state index contributed by atoms with van der Waals surface area (Å²) in [7, 11) is 0. The maximum atomic E-state index is 5.98. The molecule has 1 heteroatoms. The van der Waals surface area contributed by atoms with E-state index in [0.29, 0.717) is 0 Å². The molecular formula is C11H13Cl. The van der Waals surface area contributed by atoms with Gasteiger partial charge in [-0.3, -0.25) is 0 Å². The van der Waals surface area contributed by atoms with E-state index in [1.807, 2.05) is 25.1 Å². The highest BCUT2D eigenvalue weighted by atomic mass is 35.5. The third-order valence-electron chi connectivity index (χ3n) is 1.77. The van der Waals surface area contributed by atoms with Gasteiger partial charge in [-0.05, 0) is 31.4 Å². The molecule has 0 nitrogen and oxygen atoms in total. The summed E-state index contributed by atoms with van der Waals surface area (Å²) in [6, 6.07) is 8.00. The van der Waals surface area contributed by atoms with Crippen LogP contribution in [0.25, 0.3) is 0 Å². The van der Waals surface area contributed by atoms with Crippen LogP contribution in [0, 0.1) is 0 Å². The van der Waals surface area contributed by atoms with E-state index in [0.717, 1.165) is 17.9 Å². The Hall–Kier alpha value is -0.750. The Morgan fingerprint density at radius 2 is 2.08 bits per heavy atom. The highest BCUT2D eigenvalue weighted by Gasteiger charge is 1.95. The molecule has 0 saturated carbocycles. The summed E-state index contributed by atoms with van der Waals surface area (Å²) >= 11 is 5.98. The molecule has 1 aromatic carbocycles. The Kier molecular flexibility index (Phi) is 3.89. The van der Waals surface area contributed by atoms with Gasteiger partial charge in [-0.2, -0.15) is 0 Å². The molecule has 0 amide bonds. The highest BCUT2D eigenvalue weighted by Crippen LogP contribution is 2.16. The minimum atomic E-state index is 0.877. The lowest BCUT2D eigenvalue weighted by atomic mass is 10.1. The topological polar surface area (TPSA) is 0 Å². The van der Waals surface area contributed by atoms with E-state index in [9.17, 15) is 0 Å². The first-order valence-corrected chi connectivity index (χ1v) is 4.57. The van der Waals surface area contributed by atoms with Crippen LogP contribution in [0.3, 0.4) is 0 Å². The van der Waals surface area contributed by atoms with Gasteiger partial charge in [-0.1, -0.05) is 42.0 Å². The smallest absolute Gasteiger partial charge is 0.0438 e. The van der Waals surface area contributed by atoms with E-state index in [1.54, 1.807) is 0 Å². The second-order valence-electron chi connectivity index (χ2n) is 2.70. The standard InChI is InChI=1S/C11H13Cl/c1-2-3-4-7-10-8-5-6-9-11(10)12/h2-3,5-6,8-9H,4,7H2,1H3/b3-2-. The average Bonchev–Trinajstić information content (AvgIpc) is 2.09. The molecule has 0 unspecified atom stereocenters. The second kappa shape index (κ2) is 5.00. The lowest BCUT2D eigenvalue weighted by molar-refractivity contribution is 1.000. The summed E-state index contributed by atoms with van der Waals surface area (Å²) in [5.41, 5.74) is 1.23. The Labute approximate surface area is 78.9 Å². The predicted octanol–water partition coefficient (Wildman–Crippen LogP) is 3.85. The Morgan fingerprint density at radius 1 is 1.33 bits per heavy atom. The first kappa shape index (κ1) is 9.34. The lowest BCUT2D eigenvalue weighted by Crippen LogP contribution is -1.83. The van der Waals surface area contributed by atoms with Gasteiger partial charge in [0.1, 0.15) is 0 Å². The normalized spacial score (nSPS) is 10.8. The number of hydrogen-bond donors (Lipinski definition) is 0. The van der Waals surface area contributed by atoms with Gasteiger partial charge in [0, 0.05) is 5.02 Å². The van der Waals surface area contributed by atoms with Crippen molar-refractivity contribution in [3.63, 3.8) is 0 Å². The van der Waals surface area contributed by atoms with Crippen LogP contribution in [0.15, 0.2) is 36.4 Å². The van der Waals surface area contributed by atoms with Gasteiger partial charge in [-0.15, -0.1) is 0 Å². The maximum Gasteiger partial charge on any atom is 0.0438 e. The third-order valence-corrected chi connectivity index (χ3v) is 2.14. The monoisotopic (exact) mass is 180 g/mol. The molecule has 0 fully saturated rings. The zero-order chi connectivity index (χ0) is 8.81. The van der Waals surface area contributed by atoms with Crippen LogP contribution in [0.2, 0.25) is 5.02 Å². The highest BCUT2D eigenvalue weighted by molar-refractivity contribution is 6.31. The summed E-state index contributed by atoms with van der Waals surface area (Å²) < 4.78 is 0. The first-order valence-electron chi connectivity index (χ1n) is 4.19. The van der Waals surface area contributed by atoms with Gasteiger partial charge >= 0.3 is 0 Å². The van der Waals surface area contributed by atoms with Crippen LogP contribution in [0.5, 0.6) is 0 Å². The Balaban J connectivity index is 2.57. The number of hydrogen-bond acceptors (Lipinski definition) is 0. The Bertz CT molecular complexity index is 263. The molecular weight excluding hydrogens is 168 g/mol. The molecule has 0 aliphatic heterocycles. The molecule has 0 saturated heterocycles. The lowest BCUT2D eigenvalue weighted by Gasteiger charge is -2.00. The van der Waals surface area contributed by atoms with Crippen molar-refractivity contribution in [2.24, 2.45) is 0 Å². The molecule has 1 rings (SSSR count). The maximum absolute atomic E-state index is 5.98. The molecule has 0 aliphatic rings. The van der Waals surface area contributed by atoms with E-state index < -0.39 is 0 Å². The zero-order valence-electron chi connectivity index (χ0n) is 7.26. The van der Waals surface area contributed by atoms with Gasteiger partial charge in [0.15, 0.2) is 0 Å². The average molecular weight is 181 g/mol. The van der Waals surface area contributed by atoms with E-state index in [-0.39, 0.29) is 0 Å². The molecule has 0 heterocycles. The largest absolute Gasteiger partial charge is 0.0917 e. The molecule has 0 N–H and O–H groups in total. The van der Waals surface area contributed by atoms with Crippen molar-refractivity contribution in [1.29, 1.82) is 0 Å². The van der Waals surface area contributed by atoms with Crippen LogP contribution in [-0.4, -0.2) is 0 Å². The van der Waals surface area contributed by atoms with Crippen molar-refractivity contribution in [2.75, 3.05) is 0 Å². The van der Waals surface area contributed by atoms with Crippen LogP contribution in [0.1, 0.15) is 18.9 Å². The molecule has 12 heavy (non-hydrogen) atoms. The van der Waals surface area contributed by atoms with Gasteiger partial charge in [-0.25, -0.2) is 0 Å². The fraction of sp³-hybridized carbons (Fsp3) is 0.273. The summed E-state index contributed by atoms with van der Waals surface area (Å²) in [6.07, 6.45) is 6.32. The number of allylic oxidation sites excluding steroid dienone is 2. The van der Waals surface area contributed by atoms with E-state index in [1.165, 1.54) is 5.56 Å². The summed E-state index contributed by atoms with van der Waals surface area (Å²) in [6.45, 7) is 2.03. The van der Waals surface area contributed by atoms with Gasteiger partial charge < -0.3 is 0 Å². The molecule has 0 spiro atoms. The van der Waals surface area contributed by atoms with Crippen molar-refractivity contribution in [2.45, 2.75) is 19.8 Å². The number of halogens is 1. The van der Waals surface area contributed by atoms with Crippen molar-refractivity contribution < 1.29 is 0 Å². The predicted molar refractivity (Wildman–Crippen MR) is 54.6 cm³/mol. The quantitative estimate of drug-likeness (QED) is 0.620. The minimum Gasteiger partial charge on any atom is -0.0917 e. The summed E-state index contributed by atoms with van der Waals surface area (Å²) in [5.74, 6) is 0. The number of aryl methyl sites for hydroxylation is 1. The molecule has 1 aromatic rings. The van der Waals surface area contributed by atoms with Crippen molar-refractivity contribution in [3.8, 4) is 0 Å². The summed E-state index contributed by atoms with van der Waals surface area (Å²) in [4.78, 5) is 0. The Morgan fingerprint density at radius 3 is 2.75 bits per heavy atom. The SMILES string of the molecule is C/C=C\CCc1ccccc1Cl. The van der Waals surface area contributed by atoms with Crippen LogP contribution >= 0.6 is 11.6 Å². The van der Waals surface area contributed by atoms with Crippen LogP contribution in [0.4, 0.5) is 0 Å². The first-order chi connectivity index (χ1) is 5.84. The molecule has 0 radical (unpaired) electrons. The number of benzene rings is 1. The van der Waals surface area contributed by atoms with Crippen molar-refractivity contribution in [1.82, 2.24) is 0 Å². The molecule has 64 valence electrons. The molecule has 0 aromatic heterocycles. The molecule has 0 aliphatic carbocycles. The van der Waals surface area contributed by atoms with Crippen molar-refractivity contribution in [3.05, 3.63) is 47.0 Å². The molecule has 0 bridgehead atoms. The molecule has 0 atom stereocenters. The van der Waals surface area contributed by atoms with E-state index >= 15 is 0 Å². The van der Waals surface area contributed by atoms with Crippen LogP contribution in [-0.2, 0) is 6.42 Å². The second-order valence-corrected chi connectivity index (χ2v) is 3.11. The third kappa shape index (κ3) is 2.71.